The molecule has 0 aliphatic heterocycles. The van der Waals surface area contributed by atoms with Gasteiger partial charge in [-0.15, -0.1) is 0 Å². The molecule has 0 heterocycles. The Balaban J connectivity index is 2.77. The summed E-state index contributed by atoms with van der Waals surface area (Å²) in [6, 6.07) is 6.74. The molecule has 2 nitrogen and oxygen atoms in total. The van der Waals surface area contributed by atoms with E-state index in [0.29, 0.717) is 12.0 Å². The molecule has 0 amide bonds. The minimum Gasteiger partial charge on any atom is -0.399 e. The average Bonchev–Trinajstić information content (AvgIpc) is 2.23. The van der Waals surface area contributed by atoms with Gasteiger partial charge >= 0.3 is 0 Å². The molecule has 1 aromatic carbocycles. The number of hydrogen-bond acceptors (Lipinski definition) is 2. The Hall–Kier alpha value is -1.02. The first-order valence-corrected chi connectivity index (χ1v) is 5.97. The maximum Gasteiger partial charge on any atom is 0.0346 e. The van der Waals surface area contributed by atoms with Crippen molar-refractivity contribution in [3.05, 3.63) is 29.3 Å². The van der Waals surface area contributed by atoms with Crippen molar-refractivity contribution in [1.29, 1.82) is 0 Å². The van der Waals surface area contributed by atoms with Crippen molar-refractivity contribution >= 4 is 5.69 Å². The van der Waals surface area contributed by atoms with Crippen LogP contribution in [0.5, 0.6) is 0 Å². The Morgan fingerprint density at radius 2 is 1.88 bits per heavy atom. The molecule has 1 rings (SSSR count). The number of nitrogens with zero attached hydrogens (tertiary/aromatic N) is 1. The maximum atomic E-state index is 5.91. The number of anilines is 1. The van der Waals surface area contributed by atoms with Crippen molar-refractivity contribution in [2.45, 2.75) is 40.3 Å². The Morgan fingerprint density at radius 1 is 1.25 bits per heavy atom. The third kappa shape index (κ3) is 2.99. The van der Waals surface area contributed by atoms with Gasteiger partial charge in [0.1, 0.15) is 0 Å². The first-order valence-electron chi connectivity index (χ1n) is 5.97. The van der Waals surface area contributed by atoms with E-state index in [2.05, 4.69) is 45.7 Å². The molecule has 0 saturated carbocycles. The van der Waals surface area contributed by atoms with Crippen LogP contribution in [0.2, 0.25) is 0 Å². The van der Waals surface area contributed by atoms with Crippen LogP contribution in [0, 0.1) is 12.8 Å². The van der Waals surface area contributed by atoms with Crippen LogP contribution < -0.4 is 5.73 Å². The SMILES string of the molecule is Cc1c(N)cccc1CN(C)C(C)C(C)C. The molecule has 0 aliphatic carbocycles. The van der Waals surface area contributed by atoms with Crippen LogP contribution in [0.15, 0.2) is 18.2 Å². The van der Waals surface area contributed by atoms with Crippen molar-refractivity contribution in [3.8, 4) is 0 Å². The van der Waals surface area contributed by atoms with E-state index >= 15 is 0 Å². The van der Waals surface area contributed by atoms with Gasteiger partial charge in [-0.25, -0.2) is 0 Å². The molecule has 1 aromatic rings. The molecule has 2 N–H and O–H groups in total. The highest BCUT2D eigenvalue weighted by molar-refractivity contribution is 5.49. The highest BCUT2D eigenvalue weighted by Crippen LogP contribution is 2.19. The first kappa shape index (κ1) is 13.0. The van der Waals surface area contributed by atoms with Crippen LogP contribution in [0.1, 0.15) is 31.9 Å². The summed E-state index contributed by atoms with van der Waals surface area (Å²) >= 11 is 0. The molecule has 0 radical (unpaired) electrons. The van der Waals surface area contributed by atoms with Crippen LogP contribution in [0.25, 0.3) is 0 Å². The van der Waals surface area contributed by atoms with Gasteiger partial charge in [0, 0.05) is 18.3 Å². The zero-order valence-corrected chi connectivity index (χ0v) is 11.1. The van der Waals surface area contributed by atoms with Crippen molar-refractivity contribution in [1.82, 2.24) is 4.90 Å². The highest BCUT2D eigenvalue weighted by atomic mass is 15.1. The summed E-state index contributed by atoms with van der Waals surface area (Å²) in [5, 5.41) is 0. The molecule has 16 heavy (non-hydrogen) atoms. The summed E-state index contributed by atoms with van der Waals surface area (Å²) in [4.78, 5) is 2.38. The number of nitrogens with two attached hydrogens (primary N) is 1. The molecule has 90 valence electrons. The fourth-order valence-electron chi connectivity index (χ4n) is 1.80. The fourth-order valence-corrected chi connectivity index (χ4v) is 1.80. The van der Waals surface area contributed by atoms with Crippen molar-refractivity contribution in [3.63, 3.8) is 0 Å². The Kier molecular flexibility index (Phi) is 4.36. The number of hydrogen-bond donors (Lipinski definition) is 1. The van der Waals surface area contributed by atoms with E-state index in [0.717, 1.165) is 12.2 Å². The molecule has 1 atom stereocenters. The molecule has 2 heteroatoms. The second-order valence-corrected chi connectivity index (χ2v) is 5.03. The fraction of sp³-hybridized carbons (Fsp3) is 0.571. The van der Waals surface area contributed by atoms with Gasteiger partial charge in [-0.3, -0.25) is 4.90 Å². The summed E-state index contributed by atoms with van der Waals surface area (Å²) in [5.74, 6) is 0.673. The lowest BCUT2D eigenvalue weighted by molar-refractivity contribution is 0.200. The lowest BCUT2D eigenvalue weighted by Crippen LogP contribution is -2.32. The van der Waals surface area contributed by atoms with Gasteiger partial charge in [0.2, 0.25) is 0 Å². The summed E-state index contributed by atoms with van der Waals surface area (Å²) < 4.78 is 0. The molecular formula is C14H24N2. The standard InChI is InChI=1S/C14H24N2/c1-10(2)12(4)16(5)9-13-7-6-8-14(15)11(13)3/h6-8,10,12H,9,15H2,1-5H3. The van der Waals surface area contributed by atoms with E-state index in [1.165, 1.54) is 11.1 Å². The minimum atomic E-state index is 0.584. The second-order valence-electron chi connectivity index (χ2n) is 5.03. The summed E-state index contributed by atoms with van der Waals surface area (Å²) in [6.07, 6.45) is 0. The smallest absolute Gasteiger partial charge is 0.0346 e. The monoisotopic (exact) mass is 220 g/mol. The first-order chi connectivity index (χ1) is 7.43. The average molecular weight is 220 g/mol. The third-order valence-electron chi connectivity index (χ3n) is 3.57. The minimum absolute atomic E-state index is 0.584. The van der Waals surface area contributed by atoms with E-state index < -0.39 is 0 Å². The largest absolute Gasteiger partial charge is 0.399 e. The van der Waals surface area contributed by atoms with E-state index in [4.69, 9.17) is 5.73 Å². The zero-order chi connectivity index (χ0) is 12.3. The molecular weight excluding hydrogens is 196 g/mol. The zero-order valence-electron chi connectivity index (χ0n) is 11.1. The summed E-state index contributed by atoms with van der Waals surface area (Å²) in [6.45, 7) is 9.85. The Bertz CT molecular complexity index is 345. The van der Waals surface area contributed by atoms with Crippen molar-refractivity contribution < 1.29 is 0 Å². The van der Waals surface area contributed by atoms with E-state index in [1.807, 2.05) is 12.1 Å². The van der Waals surface area contributed by atoms with Gasteiger partial charge in [-0.05, 0) is 44.0 Å². The molecule has 0 aromatic heterocycles. The van der Waals surface area contributed by atoms with Gasteiger partial charge in [0.25, 0.3) is 0 Å². The molecule has 0 aliphatic rings. The van der Waals surface area contributed by atoms with Gasteiger partial charge in [-0.2, -0.15) is 0 Å². The highest BCUT2D eigenvalue weighted by Gasteiger charge is 2.14. The molecule has 0 saturated heterocycles. The maximum absolute atomic E-state index is 5.91. The van der Waals surface area contributed by atoms with Crippen LogP contribution in [0.3, 0.4) is 0 Å². The molecule has 0 spiro atoms. The van der Waals surface area contributed by atoms with Crippen LogP contribution in [-0.2, 0) is 6.54 Å². The normalized spacial score (nSPS) is 13.4. The topological polar surface area (TPSA) is 29.3 Å². The second kappa shape index (κ2) is 5.35. The lowest BCUT2D eigenvalue weighted by atomic mass is 10.0. The van der Waals surface area contributed by atoms with Crippen LogP contribution in [0.4, 0.5) is 5.69 Å². The van der Waals surface area contributed by atoms with Crippen molar-refractivity contribution in [2.24, 2.45) is 5.92 Å². The van der Waals surface area contributed by atoms with E-state index in [1.54, 1.807) is 0 Å². The Morgan fingerprint density at radius 3 is 2.44 bits per heavy atom. The summed E-state index contributed by atoms with van der Waals surface area (Å²) in [7, 11) is 2.17. The molecule has 1 unspecified atom stereocenters. The van der Waals surface area contributed by atoms with Gasteiger partial charge < -0.3 is 5.73 Å². The predicted octanol–water partition coefficient (Wildman–Crippen LogP) is 3.05. The van der Waals surface area contributed by atoms with E-state index in [-0.39, 0.29) is 0 Å². The van der Waals surface area contributed by atoms with Crippen LogP contribution in [-0.4, -0.2) is 18.0 Å². The Labute approximate surface area is 99.5 Å². The molecule has 0 bridgehead atoms. The van der Waals surface area contributed by atoms with E-state index in [9.17, 15) is 0 Å². The number of rotatable bonds is 4. The van der Waals surface area contributed by atoms with Gasteiger partial charge in [-0.1, -0.05) is 26.0 Å². The lowest BCUT2D eigenvalue weighted by Gasteiger charge is -2.28. The summed E-state index contributed by atoms with van der Waals surface area (Å²) in [5.41, 5.74) is 9.35. The number of benzene rings is 1. The van der Waals surface area contributed by atoms with Crippen molar-refractivity contribution in [2.75, 3.05) is 12.8 Å². The quantitative estimate of drug-likeness (QED) is 0.790. The number of nitrogen functional groups attached to an aromatic ring is 1. The molecule has 0 fully saturated rings. The van der Waals surface area contributed by atoms with Gasteiger partial charge in [0.15, 0.2) is 0 Å². The van der Waals surface area contributed by atoms with Gasteiger partial charge in [0.05, 0.1) is 0 Å². The predicted molar refractivity (Wildman–Crippen MR) is 71.4 cm³/mol. The third-order valence-corrected chi connectivity index (χ3v) is 3.57. The van der Waals surface area contributed by atoms with Crippen LogP contribution >= 0.6 is 0 Å².